The van der Waals surface area contributed by atoms with Crippen LogP contribution in [0.1, 0.15) is 5.56 Å². The van der Waals surface area contributed by atoms with Gasteiger partial charge in [-0.3, -0.25) is 0 Å². The molecule has 1 aromatic carbocycles. The first-order valence-corrected chi connectivity index (χ1v) is 3.66. The zero-order valence-corrected chi connectivity index (χ0v) is 6.70. The molecule has 3 heteroatoms. The van der Waals surface area contributed by atoms with Crippen LogP contribution in [0.5, 0.6) is 0 Å². The van der Waals surface area contributed by atoms with Crippen molar-refractivity contribution in [2.75, 3.05) is 18.1 Å². The molecule has 0 aliphatic carbocycles. The third-order valence-corrected chi connectivity index (χ3v) is 1.42. The summed E-state index contributed by atoms with van der Waals surface area (Å²) in [6.45, 7) is 0.0225. The molecule has 0 aromatic heterocycles. The van der Waals surface area contributed by atoms with E-state index in [1.54, 1.807) is 30.4 Å². The van der Waals surface area contributed by atoms with Crippen molar-refractivity contribution < 1.29 is 5.11 Å². The maximum absolute atomic E-state index is 8.52. The smallest absolute Gasteiger partial charge is 0.0615 e. The van der Waals surface area contributed by atoms with Gasteiger partial charge in [0.1, 0.15) is 0 Å². The molecule has 0 spiro atoms. The Morgan fingerprint density at radius 2 is 1.75 bits per heavy atom. The number of aliphatic hydroxyl groups is 1. The predicted molar refractivity (Wildman–Crippen MR) is 51.4 cm³/mol. The quantitative estimate of drug-likeness (QED) is 0.567. The molecule has 0 amide bonds. The van der Waals surface area contributed by atoms with Crippen molar-refractivity contribution in [3.05, 3.63) is 29.8 Å². The van der Waals surface area contributed by atoms with Crippen molar-refractivity contribution in [2.45, 2.75) is 0 Å². The van der Waals surface area contributed by atoms with E-state index in [0.29, 0.717) is 11.4 Å². The Morgan fingerprint density at radius 3 is 2.25 bits per heavy atom. The third-order valence-electron chi connectivity index (χ3n) is 1.42. The molecule has 0 fully saturated rings. The molecule has 0 aliphatic rings. The lowest BCUT2D eigenvalue weighted by molar-refractivity contribution is 0.343. The summed E-state index contributed by atoms with van der Waals surface area (Å²) in [5.41, 5.74) is 13.3. The minimum atomic E-state index is 0.0225. The predicted octanol–water partition coefficient (Wildman–Crippen LogP) is 0.857. The average Bonchev–Trinajstić information content (AvgIpc) is 1.99. The van der Waals surface area contributed by atoms with Crippen LogP contribution in [0.4, 0.5) is 11.4 Å². The number of benzene rings is 1. The first-order valence-electron chi connectivity index (χ1n) is 3.66. The Labute approximate surface area is 71.3 Å². The Balaban J connectivity index is 2.93. The standard InChI is InChI=1S/C9H12N2O/c10-8-4-7(2-1-3-12)5-9(11)6-8/h1-2,4-6,12H,3,10-11H2. The van der Waals surface area contributed by atoms with Crippen LogP contribution in [0.25, 0.3) is 6.08 Å². The number of nitrogen functional groups attached to an aromatic ring is 2. The van der Waals surface area contributed by atoms with Gasteiger partial charge in [-0.2, -0.15) is 0 Å². The molecule has 1 aromatic rings. The molecule has 5 N–H and O–H groups in total. The fourth-order valence-electron chi connectivity index (χ4n) is 0.987. The van der Waals surface area contributed by atoms with Gasteiger partial charge in [-0.1, -0.05) is 12.2 Å². The van der Waals surface area contributed by atoms with Gasteiger partial charge in [-0.15, -0.1) is 0 Å². The number of hydrogen-bond donors (Lipinski definition) is 3. The molecule has 0 aliphatic heterocycles. The number of nitrogens with two attached hydrogens (primary N) is 2. The molecule has 0 bridgehead atoms. The molecule has 3 nitrogen and oxygen atoms in total. The van der Waals surface area contributed by atoms with Crippen molar-refractivity contribution in [1.82, 2.24) is 0 Å². The highest BCUT2D eigenvalue weighted by atomic mass is 16.2. The van der Waals surface area contributed by atoms with E-state index in [-0.39, 0.29) is 6.61 Å². The molecule has 0 heterocycles. The van der Waals surface area contributed by atoms with Gasteiger partial charge < -0.3 is 16.6 Å². The normalized spacial score (nSPS) is 10.8. The van der Waals surface area contributed by atoms with Crippen LogP contribution in [0.3, 0.4) is 0 Å². The molecule has 0 saturated heterocycles. The van der Waals surface area contributed by atoms with Crippen molar-refractivity contribution in [3.63, 3.8) is 0 Å². The lowest BCUT2D eigenvalue weighted by Gasteiger charge is -1.98. The Kier molecular flexibility index (Phi) is 2.71. The van der Waals surface area contributed by atoms with Gasteiger partial charge in [0.25, 0.3) is 0 Å². The lowest BCUT2D eigenvalue weighted by Crippen LogP contribution is -1.90. The van der Waals surface area contributed by atoms with Gasteiger partial charge in [0.05, 0.1) is 6.61 Å². The van der Waals surface area contributed by atoms with Crippen LogP contribution in [-0.2, 0) is 0 Å². The van der Waals surface area contributed by atoms with Crippen LogP contribution >= 0.6 is 0 Å². The van der Waals surface area contributed by atoms with Crippen LogP contribution in [0.2, 0.25) is 0 Å². The van der Waals surface area contributed by atoms with Crippen molar-refractivity contribution in [3.8, 4) is 0 Å². The van der Waals surface area contributed by atoms with E-state index in [0.717, 1.165) is 5.56 Å². The fraction of sp³-hybridized carbons (Fsp3) is 0.111. The maximum atomic E-state index is 8.52. The minimum Gasteiger partial charge on any atom is -0.399 e. The summed E-state index contributed by atoms with van der Waals surface area (Å²) < 4.78 is 0. The van der Waals surface area contributed by atoms with E-state index >= 15 is 0 Å². The maximum Gasteiger partial charge on any atom is 0.0615 e. The second-order valence-corrected chi connectivity index (χ2v) is 2.52. The van der Waals surface area contributed by atoms with Crippen LogP contribution in [-0.4, -0.2) is 11.7 Å². The largest absolute Gasteiger partial charge is 0.399 e. The summed E-state index contributed by atoms with van der Waals surface area (Å²) in [7, 11) is 0. The second-order valence-electron chi connectivity index (χ2n) is 2.52. The molecule has 0 saturated carbocycles. The second kappa shape index (κ2) is 3.78. The van der Waals surface area contributed by atoms with E-state index in [2.05, 4.69) is 0 Å². The summed E-state index contributed by atoms with van der Waals surface area (Å²) in [6.07, 6.45) is 3.40. The summed E-state index contributed by atoms with van der Waals surface area (Å²) in [5, 5.41) is 8.52. The van der Waals surface area contributed by atoms with Crippen molar-refractivity contribution in [2.24, 2.45) is 0 Å². The van der Waals surface area contributed by atoms with Gasteiger partial charge in [-0.25, -0.2) is 0 Å². The summed E-state index contributed by atoms with van der Waals surface area (Å²) >= 11 is 0. The van der Waals surface area contributed by atoms with Gasteiger partial charge in [0, 0.05) is 11.4 Å². The number of aliphatic hydroxyl groups excluding tert-OH is 1. The molecule has 1 rings (SSSR count). The third kappa shape index (κ3) is 2.29. The molecule has 0 atom stereocenters. The van der Waals surface area contributed by atoms with E-state index in [1.165, 1.54) is 0 Å². The first-order chi connectivity index (χ1) is 5.72. The molecule has 64 valence electrons. The highest BCUT2D eigenvalue weighted by molar-refractivity contribution is 5.63. The van der Waals surface area contributed by atoms with Gasteiger partial charge >= 0.3 is 0 Å². The number of hydrogen-bond acceptors (Lipinski definition) is 3. The van der Waals surface area contributed by atoms with E-state index in [9.17, 15) is 0 Å². The molecule has 12 heavy (non-hydrogen) atoms. The van der Waals surface area contributed by atoms with E-state index < -0.39 is 0 Å². The Bertz CT molecular complexity index is 274. The fourth-order valence-corrected chi connectivity index (χ4v) is 0.987. The minimum absolute atomic E-state index is 0.0225. The highest BCUT2D eigenvalue weighted by Gasteiger charge is 1.91. The van der Waals surface area contributed by atoms with Gasteiger partial charge in [0.2, 0.25) is 0 Å². The van der Waals surface area contributed by atoms with Crippen LogP contribution in [0, 0.1) is 0 Å². The Morgan fingerprint density at radius 1 is 1.17 bits per heavy atom. The lowest BCUT2D eigenvalue weighted by atomic mass is 10.1. The van der Waals surface area contributed by atoms with E-state index in [4.69, 9.17) is 16.6 Å². The summed E-state index contributed by atoms with van der Waals surface area (Å²) in [4.78, 5) is 0. The topological polar surface area (TPSA) is 72.3 Å². The van der Waals surface area contributed by atoms with Gasteiger partial charge in [0.15, 0.2) is 0 Å². The molecule has 0 radical (unpaired) electrons. The molecular formula is C9H12N2O. The average molecular weight is 164 g/mol. The summed E-state index contributed by atoms with van der Waals surface area (Å²) in [5.74, 6) is 0. The van der Waals surface area contributed by atoms with Gasteiger partial charge in [-0.05, 0) is 23.8 Å². The molecule has 0 unspecified atom stereocenters. The van der Waals surface area contributed by atoms with Crippen molar-refractivity contribution in [1.29, 1.82) is 0 Å². The highest BCUT2D eigenvalue weighted by Crippen LogP contribution is 2.14. The Hall–Kier alpha value is -1.48. The SMILES string of the molecule is Nc1cc(N)cc(C=CCO)c1. The van der Waals surface area contributed by atoms with E-state index in [1.807, 2.05) is 0 Å². The van der Waals surface area contributed by atoms with Crippen LogP contribution in [0.15, 0.2) is 24.3 Å². The summed E-state index contributed by atoms with van der Waals surface area (Å²) in [6, 6.07) is 5.28. The number of anilines is 2. The monoisotopic (exact) mass is 164 g/mol. The van der Waals surface area contributed by atoms with Crippen molar-refractivity contribution >= 4 is 17.5 Å². The molecular weight excluding hydrogens is 152 g/mol. The zero-order valence-electron chi connectivity index (χ0n) is 6.70. The van der Waals surface area contributed by atoms with Crippen LogP contribution < -0.4 is 11.5 Å². The first kappa shape index (κ1) is 8.62. The number of rotatable bonds is 2. The zero-order chi connectivity index (χ0) is 8.97.